The van der Waals surface area contributed by atoms with Crippen molar-refractivity contribution < 1.29 is 0 Å². The molecule has 0 unspecified atom stereocenters. The monoisotopic (exact) mass is 334 g/mol. The molecule has 0 atom stereocenters. The number of hydrogen-bond donors (Lipinski definition) is 1. The van der Waals surface area contributed by atoms with Gasteiger partial charge in [-0.15, -0.1) is 0 Å². The molecule has 0 spiro atoms. The van der Waals surface area contributed by atoms with Crippen molar-refractivity contribution >= 4 is 50.5 Å². The lowest BCUT2D eigenvalue weighted by Crippen LogP contribution is -2.04. The fraction of sp³-hybridized carbons (Fsp3) is 0. The molecule has 0 saturated carbocycles. The van der Waals surface area contributed by atoms with Crippen LogP contribution in [0.1, 0.15) is 5.56 Å². The molecule has 1 aromatic rings. The summed E-state index contributed by atoms with van der Waals surface area (Å²) in [4.78, 5) is 0.747. The lowest BCUT2D eigenvalue weighted by atomic mass is 9.98. The van der Waals surface area contributed by atoms with Crippen molar-refractivity contribution in [3.05, 3.63) is 55.9 Å². The highest BCUT2D eigenvalue weighted by Crippen LogP contribution is 2.38. The maximum absolute atomic E-state index is 9.21. The van der Waals surface area contributed by atoms with E-state index in [2.05, 4.69) is 27.0 Å². The summed E-state index contributed by atoms with van der Waals surface area (Å²) in [6, 6.07) is 9.85. The number of allylic oxidation sites excluding steroid dienone is 3. The van der Waals surface area contributed by atoms with Gasteiger partial charge >= 0.3 is 0 Å². The predicted octanol–water partition coefficient (Wildman–Crippen LogP) is 3.76. The first-order chi connectivity index (χ1) is 8.65. The lowest BCUT2D eigenvalue weighted by Gasteiger charge is -2.15. The van der Waals surface area contributed by atoms with Crippen LogP contribution in [0, 0.1) is 11.3 Å². The van der Waals surface area contributed by atoms with Crippen molar-refractivity contribution in [1.29, 1.82) is 5.26 Å². The average molecular weight is 335 g/mol. The Hall–Kier alpha value is -1.31. The highest BCUT2D eigenvalue weighted by molar-refractivity contribution is 9.10. The number of nitrogens with zero attached hydrogens (tertiary/aromatic N) is 1. The standard InChI is InChI=1S/C13H7BrN2S2/c14-9-3-1-2-8(4-9)11-5-10(7-17)18-13(16)12(11)6-15/h1-5H,16H2. The number of nitrogens with two attached hydrogens (primary N) is 1. The summed E-state index contributed by atoms with van der Waals surface area (Å²) in [5.41, 5.74) is 8.06. The predicted molar refractivity (Wildman–Crippen MR) is 82.6 cm³/mol. The van der Waals surface area contributed by atoms with Gasteiger partial charge in [-0.25, -0.2) is 0 Å². The van der Waals surface area contributed by atoms with Gasteiger partial charge in [-0.1, -0.05) is 39.8 Å². The lowest BCUT2D eigenvalue weighted by molar-refractivity contribution is 1.42. The van der Waals surface area contributed by atoms with Gasteiger partial charge in [0.05, 0.1) is 15.5 Å². The fourth-order valence-corrected chi connectivity index (χ4v) is 2.88. The molecule has 88 valence electrons. The molecule has 0 aliphatic carbocycles. The van der Waals surface area contributed by atoms with E-state index in [4.69, 9.17) is 18.0 Å². The zero-order chi connectivity index (χ0) is 13.1. The van der Waals surface area contributed by atoms with Crippen LogP contribution in [-0.2, 0) is 0 Å². The van der Waals surface area contributed by atoms with Crippen LogP contribution < -0.4 is 5.73 Å². The number of halogens is 1. The van der Waals surface area contributed by atoms with Gasteiger partial charge in [-0.3, -0.25) is 0 Å². The second-order valence-corrected chi connectivity index (χ2v) is 5.69. The smallest absolute Gasteiger partial charge is 0.103 e. The topological polar surface area (TPSA) is 49.8 Å². The molecular formula is C13H7BrN2S2. The van der Waals surface area contributed by atoms with Gasteiger partial charge in [0.25, 0.3) is 0 Å². The molecule has 0 saturated heterocycles. The van der Waals surface area contributed by atoms with Crippen molar-refractivity contribution in [1.82, 2.24) is 0 Å². The van der Waals surface area contributed by atoms with Crippen LogP contribution in [0.3, 0.4) is 0 Å². The molecule has 0 aromatic heterocycles. The van der Waals surface area contributed by atoms with Gasteiger partial charge < -0.3 is 5.73 Å². The van der Waals surface area contributed by atoms with Crippen molar-refractivity contribution in [2.45, 2.75) is 0 Å². The third kappa shape index (κ3) is 2.58. The van der Waals surface area contributed by atoms with E-state index in [0.29, 0.717) is 10.6 Å². The molecule has 1 aromatic carbocycles. The van der Waals surface area contributed by atoms with Gasteiger partial charge in [0.15, 0.2) is 0 Å². The van der Waals surface area contributed by atoms with Crippen LogP contribution >= 0.6 is 39.9 Å². The van der Waals surface area contributed by atoms with Gasteiger partial charge in [-0.05, 0) is 41.0 Å². The van der Waals surface area contributed by atoms with Crippen LogP contribution in [-0.4, -0.2) is 5.02 Å². The number of hydrogen-bond acceptors (Lipinski definition) is 4. The first-order valence-electron chi connectivity index (χ1n) is 4.96. The van der Waals surface area contributed by atoms with E-state index in [1.807, 2.05) is 30.3 Å². The largest absolute Gasteiger partial charge is 0.392 e. The van der Waals surface area contributed by atoms with Crippen LogP contribution in [0.4, 0.5) is 0 Å². The number of thioether (sulfide) groups is 1. The Morgan fingerprint density at radius 2 is 2.17 bits per heavy atom. The normalized spacial score (nSPS) is 14.9. The maximum atomic E-state index is 9.21. The Balaban J connectivity index is 2.63. The number of thiocarbonyl (C=S) groups is 1. The van der Waals surface area contributed by atoms with E-state index >= 15 is 0 Å². The fourth-order valence-electron chi connectivity index (χ4n) is 1.58. The molecule has 1 aliphatic heterocycles. The summed E-state index contributed by atoms with van der Waals surface area (Å²) < 4.78 is 0.947. The summed E-state index contributed by atoms with van der Waals surface area (Å²) in [7, 11) is 0. The summed E-state index contributed by atoms with van der Waals surface area (Å²) in [5.74, 6) is 0. The Bertz CT molecular complexity index is 662. The van der Waals surface area contributed by atoms with Crippen molar-refractivity contribution in [2.24, 2.45) is 5.73 Å². The van der Waals surface area contributed by atoms with Crippen LogP contribution in [0.5, 0.6) is 0 Å². The van der Waals surface area contributed by atoms with E-state index < -0.39 is 0 Å². The Labute approximate surface area is 123 Å². The second-order valence-electron chi connectivity index (χ2n) is 3.49. The quantitative estimate of drug-likeness (QED) is 0.794. The summed E-state index contributed by atoms with van der Waals surface area (Å²) in [6.07, 6.45) is 1.84. The minimum atomic E-state index is 0.460. The Morgan fingerprint density at radius 1 is 1.39 bits per heavy atom. The molecule has 0 fully saturated rings. The van der Waals surface area contributed by atoms with Gasteiger partial charge in [0.2, 0.25) is 0 Å². The van der Waals surface area contributed by atoms with Crippen LogP contribution in [0.2, 0.25) is 0 Å². The minimum absolute atomic E-state index is 0.460. The molecule has 0 bridgehead atoms. The van der Waals surface area contributed by atoms with Crippen LogP contribution in [0.25, 0.3) is 5.57 Å². The van der Waals surface area contributed by atoms with Gasteiger partial charge in [-0.2, -0.15) is 5.26 Å². The average Bonchev–Trinajstić information content (AvgIpc) is 2.37. The Morgan fingerprint density at radius 3 is 2.78 bits per heavy atom. The third-order valence-electron chi connectivity index (χ3n) is 2.36. The van der Waals surface area contributed by atoms with Crippen molar-refractivity contribution in [3.63, 3.8) is 0 Å². The molecular weight excluding hydrogens is 328 g/mol. The maximum Gasteiger partial charge on any atom is 0.103 e. The van der Waals surface area contributed by atoms with Gasteiger partial charge in [0.1, 0.15) is 6.07 Å². The number of benzene rings is 1. The summed E-state index contributed by atoms with van der Waals surface area (Å²) >= 11 is 9.49. The van der Waals surface area contributed by atoms with E-state index in [1.165, 1.54) is 11.8 Å². The molecule has 1 aliphatic rings. The third-order valence-corrected chi connectivity index (χ3v) is 4.07. The Kier molecular flexibility index (Phi) is 4.05. The first kappa shape index (κ1) is 13.1. The molecule has 2 nitrogen and oxygen atoms in total. The number of rotatable bonds is 1. The molecule has 5 heteroatoms. The molecule has 0 amide bonds. The zero-order valence-electron chi connectivity index (χ0n) is 9.11. The van der Waals surface area contributed by atoms with Crippen molar-refractivity contribution in [3.8, 4) is 6.07 Å². The number of nitriles is 1. The summed E-state index contributed by atoms with van der Waals surface area (Å²) in [5, 5.41) is 12.3. The molecule has 0 radical (unpaired) electrons. The molecule has 18 heavy (non-hydrogen) atoms. The minimum Gasteiger partial charge on any atom is -0.392 e. The highest BCUT2D eigenvalue weighted by atomic mass is 79.9. The van der Waals surface area contributed by atoms with E-state index in [1.54, 1.807) is 0 Å². The second kappa shape index (κ2) is 5.55. The van der Waals surface area contributed by atoms with Gasteiger partial charge in [0, 0.05) is 10.0 Å². The summed E-state index contributed by atoms with van der Waals surface area (Å²) in [6.45, 7) is 0. The van der Waals surface area contributed by atoms with Crippen molar-refractivity contribution in [2.75, 3.05) is 0 Å². The van der Waals surface area contributed by atoms with E-state index in [9.17, 15) is 5.26 Å². The van der Waals surface area contributed by atoms with E-state index in [-0.39, 0.29) is 0 Å². The zero-order valence-corrected chi connectivity index (χ0v) is 12.3. The SMILES string of the molecule is N#CC1=C(N)SC(=C=S)C=C1c1cccc(Br)c1. The van der Waals surface area contributed by atoms with E-state index in [0.717, 1.165) is 20.5 Å². The molecule has 2 rings (SSSR count). The van der Waals surface area contributed by atoms with Crippen LogP contribution in [0.15, 0.2) is 50.3 Å². The molecule has 2 N–H and O–H groups in total. The first-order valence-corrected chi connectivity index (χ1v) is 6.98. The highest BCUT2D eigenvalue weighted by Gasteiger charge is 2.19. The molecule has 1 heterocycles.